The third kappa shape index (κ3) is 7.70. The second-order valence-electron chi connectivity index (χ2n) is 6.76. The van der Waals surface area contributed by atoms with Crippen LogP contribution in [0.3, 0.4) is 0 Å². The summed E-state index contributed by atoms with van der Waals surface area (Å²) in [6, 6.07) is 13.6. The first kappa shape index (κ1) is 23.8. The Morgan fingerprint density at radius 1 is 1.16 bits per heavy atom. The molecule has 5 nitrogen and oxygen atoms in total. The topological polar surface area (TPSA) is 62.6 Å². The van der Waals surface area contributed by atoms with Crippen LogP contribution < -0.4 is 9.47 Å². The van der Waals surface area contributed by atoms with Gasteiger partial charge in [-0.15, -0.1) is 6.58 Å². The van der Waals surface area contributed by atoms with Crippen LogP contribution in [0.4, 0.5) is 13.2 Å². The molecule has 1 amide bonds. The van der Waals surface area contributed by atoms with Crippen molar-refractivity contribution < 1.29 is 27.4 Å². The molecule has 0 heterocycles. The summed E-state index contributed by atoms with van der Waals surface area (Å²) in [6.45, 7) is 3.03. The van der Waals surface area contributed by atoms with Crippen LogP contribution in [0, 0.1) is 11.3 Å². The van der Waals surface area contributed by atoms with E-state index in [1.807, 2.05) is 0 Å². The maximum Gasteiger partial charge on any atom is 0.422 e. The molecule has 0 aliphatic heterocycles. The number of nitrogens with zero attached hydrogens (tertiary/aromatic N) is 2. The molecular formula is C23H23F3N2O3. The Kier molecular flexibility index (Phi) is 8.50. The van der Waals surface area contributed by atoms with Crippen LogP contribution in [-0.2, 0) is 17.8 Å². The van der Waals surface area contributed by atoms with Crippen LogP contribution in [0.25, 0.3) is 0 Å². The molecule has 0 bridgehead atoms. The Morgan fingerprint density at radius 3 is 2.42 bits per heavy atom. The average Bonchev–Trinajstić information content (AvgIpc) is 2.75. The smallest absolute Gasteiger partial charge is 0.422 e. The van der Waals surface area contributed by atoms with E-state index in [-0.39, 0.29) is 23.8 Å². The number of benzene rings is 2. The van der Waals surface area contributed by atoms with Crippen molar-refractivity contribution in [2.24, 2.45) is 0 Å². The quantitative estimate of drug-likeness (QED) is 0.513. The molecule has 31 heavy (non-hydrogen) atoms. The van der Waals surface area contributed by atoms with Crippen molar-refractivity contribution in [3.63, 3.8) is 0 Å². The van der Waals surface area contributed by atoms with Crippen LogP contribution in [0.5, 0.6) is 11.5 Å². The van der Waals surface area contributed by atoms with Gasteiger partial charge in [0, 0.05) is 19.5 Å². The Bertz CT molecular complexity index is 935. The van der Waals surface area contributed by atoms with Gasteiger partial charge >= 0.3 is 6.18 Å². The second kappa shape index (κ2) is 11.1. The minimum atomic E-state index is -4.44. The van der Waals surface area contributed by atoms with Crippen LogP contribution in [-0.4, -0.2) is 37.2 Å². The SMILES string of the molecule is C=CCN(Cc1ccc(C#N)cc1)C(=O)CCc1ccc(OCC(F)(F)F)c(OC)c1. The van der Waals surface area contributed by atoms with E-state index in [0.29, 0.717) is 25.1 Å². The monoisotopic (exact) mass is 432 g/mol. The summed E-state index contributed by atoms with van der Waals surface area (Å²) in [7, 11) is 1.34. The molecule has 0 aromatic heterocycles. The summed E-state index contributed by atoms with van der Waals surface area (Å²) in [5, 5.41) is 8.89. The Labute approximate surface area is 179 Å². The van der Waals surface area contributed by atoms with Crippen molar-refractivity contribution in [1.29, 1.82) is 5.26 Å². The number of amides is 1. The molecule has 0 spiro atoms. The number of halogens is 3. The number of methoxy groups -OCH3 is 1. The average molecular weight is 432 g/mol. The van der Waals surface area contributed by atoms with E-state index in [9.17, 15) is 18.0 Å². The predicted octanol–water partition coefficient (Wildman–Crippen LogP) is 4.66. The van der Waals surface area contributed by atoms with E-state index in [0.717, 1.165) is 11.1 Å². The maximum atomic E-state index is 12.7. The lowest BCUT2D eigenvalue weighted by atomic mass is 10.1. The Hall–Kier alpha value is -3.47. The first-order valence-corrected chi connectivity index (χ1v) is 9.50. The fourth-order valence-electron chi connectivity index (χ4n) is 2.87. The summed E-state index contributed by atoms with van der Waals surface area (Å²) < 4.78 is 47.0. The zero-order valence-electron chi connectivity index (χ0n) is 17.1. The highest BCUT2D eigenvalue weighted by Gasteiger charge is 2.29. The number of carbonyl (C=O) groups is 1. The molecule has 0 radical (unpaired) electrons. The van der Waals surface area contributed by atoms with Crippen molar-refractivity contribution >= 4 is 5.91 Å². The number of aryl methyl sites for hydroxylation is 1. The lowest BCUT2D eigenvalue weighted by molar-refractivity contribution is -0.153. The van der Waals surface area contributed by atoms with Crippen molar-refractivity contribution in [3.05, 3.63) is 71.8 Å². The summed E-state index contributed by atoms with van der Waals surface area (Å²) >= 11 is 0. The number of hydrogen-bond donors (Lipinski definition) is 0. The largest absolute Gasteiger partial charge is 0.493 e. The van der Waals surface area contributed by atoms with E-state index in [1.165, 1.54) is 13.2 Å². The summed E-state index contributed by atoms with van der Waals surface area (Å²) in [5.41, 5.74) is 2.17. The van der Waals surface area contributed by atoms with E-state index in [1.54, 1.807) is 47.4 Å². The van der Waals surface area contributed by atoms with Gasteiger partial charge in [-0.1, -0.05) is 24.3 Å². The fourth-order valence-corrected chi connectivity index (χ4v) is 2.87. The highest BCUT2D eigenvalue weighted by atomic mass is 19.4. The maximum absolute atomic E-state index is 12.7. The zero-order valence-corrected chi connectivity index (χ0v) is 17.1. The van der Waals surface area contributed by atoms with Crippen LogP contribution in [0.1, 0.15) is 23.1 Å². The minimum Gasteiger partial charge on any atom is -0.493 e. The predicted molar refractivity (Wildman–Crippen MR) is 110 cm³/mol. The first-order valence-electron chi connectivity index (χ1n) is 9.50. The van der Waals surface area contributed by atoms with Crippen molar-refractivity contribution in [1.82, 2.24) is 4.90 Å². The van der Waals surface area contributed by atoms with Gasteiger partial charge in [0.1, 0.15) is 0 Å². The zero-order chi connectivity index (χ0) is 22.9. The van der Waals surface area contributed by atoms with E-state index in [4.69, 9.17) is 14.7 Å². The molecule has 0 saturated heterocycles. The summed E-state index contributed by atoms with van der Waals surface area (Å²) in [6.07, 6.45) is -2.22. The molecule has 2 aromatic rings. The number of nitriles is 1. The Morgan fingerprint density at radius 2 is 1.84 bits per heavy atom. The highest BCUT2D eigenvalue weighted by molar-refractivity contribution is 5.76. The number of ether oxygens (including phenoxy) is 2. The van der Waals surface area contributed by atoms with Gasteiger partial charge in [-0.2, -0.15) is 18.4 Å². The van der Waals surface area contributed by atoms with E-state index in [2.05, 4.69) is 12.6 Å². The van der Waals surface area contributed by atoms with Gasteiger partial charge in [0.2, 0.25) is 5.91 Å². The molecule has 0 atom stereocenters. The van der Waals surface area contributed by atoms with E-state index >= 15 is 0 Å². The van der Waals surface area contributed by atoms with Crippen LogP contribution in [0.15, 0.2) is 55.1 Å². The van der Waals surface area contributed by atoms with Crippen LogP contribution in [0.2, 0.25) is 0 Å². The van der Waals surface area contributed by atoms with Gasteiger partial charge in [-0.05, 0) is 41.8 Å². The lowest BCUT2D eigenvalue weighted by Crippen LogP contribution is -2.30. The molecule has 0 N–H and O–H groups in total. The van der Waals surface area contributed by atoms with Gasteiger partial charge in [0.25, 0.3) is 0 Å². The molecular weight excluding hydrogens is 409 g/mol. The number of hydrogen-bond acceptors (Lipinski definition) is 4. The van der Waals surface area contributed by atoms with E-state index < -0.39 is 12.8 Å². The molecule has 0 saturated carbocycles. The number of carbonyl (C=O) groups excluding carboxylic acids is 1. The van der Waals surface area contributed by atoms with Gasteiger partial charge in [-0.3, -0.25) is 4.79 Å². The molecule has 2 rings (SSSR count). The molecule has 0 fully saturated rings. The summed E-state index contributed by atoms with van der Waals surface area (Å²) in [5.74, 6) is 0.0688. The number of alkyl halides is 3. The standard InChI is InChI=1S/C23H23F3N2O3/c1-3-12-28(15-19-6-4-18(14-27)5-7-19)22(29)11-9-17-8-10-20(21(13-17)30-2)31-16-23(24,25)26/h3-8,10,13H,1,9,11-12,15-16H2,2H3. The fraction of sp³-hybridized carbons (Fsp3) is 0.304. The molecule has 8 heteroatoms. The molecule has 2 aromatic carbocycles. The molecule has 164 valence electrons. The third-order valence-corrected chi connectivity index (χ3v) is 4.41. The van der Waals surface area contributed by atoms with Gasteiger partial charge in [0.15, 0.2) is 18.1 Å². The highest BCUT2D eigenvalue weighted by Crippen LogP contribution is 2.30. The molecule has 0 unspecified atom stereocenters. The minimum absolute atomic E-state index is 0.0102. The van der Waals surface area contributed by atoms with Crippen molar-refractivity contribution in [2.75, 3.05) is 20.3 Å². The normalized spacial score (nSPS) is 10.8. The first-order chi connectivity index (χ1) is 14.8. The van der Waals surface area contributed by atoms with Gasteiger partial charge in [-0.25, -0.2) is 0 Å². The van der Waals surface area contributed by atoms with Crippen molar-refractivity contribution in [3.8, 4) is 17.6 Å². The number of rotatable bonds is 10. The van der Waals surface area contributed by atoms with Crippen molar-refractivity contribution in [2.45, 2.75) is 25.6 Å². The van der Waals surface area contributed by atoms with Gasteiger partial charge in [0.05, 0.1) is 18.7 Å². The van der Waals surface area contributed by atoms with Crippen LogP contribution >= 0.6 is 0 Å². The molecule has 0 aliphatic rings. The van der Waals surface area contributed by atoms with Gasteiger partial charge < -0.3 is 14.4 Å². The second-order valence-corrected chi connectivity index (χ2v) is 6.76. The Balaban J connectivity index is 2.00. The lowest BCUT2D eigenvalue weighted by Gasteiger charge is -2.21. The molecule has 0 aliphatic carbocycles. The third-order valence-electron chi connectivity index (χ3n) is 4.41. The summed E-state index contributed by atoms with van der Waals surface area (Å²) in [4.78, 5) is 14.4.